The average molecular weight is 145 g/mol. The lowest BCUT2D eigenvalue weighted by Crippen LogP contribution is -2.33. The monoisotopic (exact) mass is 145 g/mol. The average Bonchev–Trinajstić information content (AvgIpc) is 1.90. The van der Waals surface area contributed by atoms with Crippen molar-refractivity contribution in [2.75, 3.05) is 27.4 Å². The Balaban J connectivity index is 3.38. The number of ether oxygens (including phenoxy) is 2. The maximum atomic E-state index is 4.92. The Morgan fingerprint density at radius 1 is 1.40 bits per heavy atom. The highest BCUT2D eigenvalue weighted by molar-refractivity contribution is 4.72. The summed E-state index contributed by atoms with van der Waals surface area (Å²) in [5.41, 5.74) is 0. The number of rotatable bonds is 6. The zero-order chi connectivity index (χ0) is 7.82. The van der Waals surface area contributed by atoms with Crippen LogP contribution in [0.25, 0.3) is 0 Å². The van der Waals surface area contributed by atoms with E-state index >= 15 is 0 Å². The van der Waals surface area contributed by atoms with E-state index in [2.05, 4.69) is 11.9 Å². The highest BCUT2D eigenvalue weighted by atomic mass is 16.5. The van der Waals surface area contributed by atoms with Crippen LogP contribution >= 0.6 is 0 Å². The number of hydrogen-bond acceptors (Lipinski definition) is 3. The molecule has 0 fully saturated rings. The summed E-state index contributed by atoms with van der Waals surface area (Å²) < 4.78 is 9.84. The zero-order valence-corrected chi connectivity index (χ0v) is 6.59. The molecule has 0 amide bonds. The summed E-state index contributed by atoms with van der Waals surface area (Å²) in [6, 6.07) is 0.215. The largest absolute Gasteiger partial charge is 0.384 e. The van der Waals surface area contributed by atoms with Crippen molar-refractivity contribution in [3.05, 3.63) is 12.8 Å². The van der Waals surface area contributed by atoms with E-state index in [0.29, 0.717) is 13.2 Å². The zero-order valence-electron chi connectivity index (χ0n) is 6.59. The summed E-state index contributed by atoms with van der Waals surface area (Å²) in [6.45, 7) is 4.82. The molecule has 0 aromatic heterocycles. The van der Waals surface area contributed by atoms with Gasteiger partial charge in [0.1, 0.15) is 0 Å². The Morgan fingerprint density at radius 2 is 1.90 bits per heavy atom. The van der Waals surface area contributed by atoms with Crippen molar-refractivity contribution in [2.24, 2.45) is 0 Å². The van der Waals surface area contributed by atoms with E-state index in [0.717, 1.165) is 0 Å². The second-order valence-corrected chi connectivity index (χ2v) is 1.98. The van der Waals surface area contributed by atoms with Crippen LogP contribution in [0.4, 0.5) is 0 Å². The van der Waals surface area contributed by atoms with Gasteiger partial charge in [-0.3, -0.25) is 0 Å². The fourth-order valence-corrected chi connectivity index (χ4v) is 0.713. The molecule has 0 radical (unpaired) electrons. The normalized spacial score (nSPS) is 9.90. The Labute approximate surface area is 62.0 Å². The molecule has 3 nitrogen and oxygen atoms in total. The van der Waals surface area contributed by atoms with Crippen molar-refractivity contribution in [3.8, 4) is 0 Å². The minimum atomic E-state index is 0.215. The number of hydrogen-bond donors (Lipinski definition) is 1. The minimum absolute atomic E-state index is 0.215. The molecular weight excluding hydrogens is 130 g/mol. The van der Waals surface area contributed by atoms with E-state index in [4.69, 9.17) is 9.47 Å². The molecule has 10 heavy (non-hydrogen) atoms. The van der Waals surface area contributed by atoms with Crippen molar-refractivity contribution in [1.82, 2.24) is 5.32 Å². The van der Waals surface area contributed by atoms with Crippen LogP contribution in [0, 0.1) is 0 Å². The number of nitrogens with one attached hydrogen (secondary N) is 1. The van der Waals surface area contributed by atoms with Crippen molar-refractivity contribution in [1.29, 1.82) is 0 Å². The van der Waals surface area contributed by atoms with Gasteiger partial charge in [0, 0.05) is 14.2 Å². The summed E-state index contributed by atoms with van der Waals surface area (Å²) in [6.07, 6.45) is 1.64. The van der Waals surface area contributed by atoms with E-state index in [1.807, 2.05) is 0 Å². The molecule has 0 heterocycles. The first-order chi connectivity index (χ1) is 4.85. The minimum Gasteiger partial charge on any atom is -0.384 e. The molecule has 0 unspecified atom stereocenters. The third-order valence-electron chi connectivity index (χ3n) is 1.09. The molecule has 0 aliphatic rings. The standard InChI is InChI=1S/C7H15NO2/c1-4-8-7(5-9-2)6-10-3/h4,7-8H,1,5-6H2,2-3H3. The second kappa shape index (κ2) is 6.58. The predicted molar refractivity (Wildman–Crippen MR) is 40.9 cm³/mol. The van der Waals surface area contributed by atoms with E-state index in [9.17, 15) is 0 Å². The van der Waals surface area contributed by atoms with E-state index in [-0.39, 0.29) is 6.04 Å². The van der Waals surface area contributed by atoms with Gasteiger partial charge in [-0.05, 0) is 6.20 Å². The molecule has 1 N–H and O–H groups in total. The van der Waals surface area contributed by atoms with Crippen LogP contribution in [0.15, 0.2) is 12.8 Å². The van der Waals surface area contributed by atoms with Gasteiger partial charge in [-0.15, -0.1) is 0 Å². The van der Waals surface area contributed by atoms with E-state index < -0.39 is 0 Å². The molecule has 0 aromatic rings. The van der Waals surface area contributed by atoms with Crippen molar-refractivity contribution < 1.29 is 9.47 Å². The Hall–Kier alpha value is -0.540. The lowest BCUT2D eigenvalue weighted by Gasteiger charge is -2.14. The summed E-state index contributed by atoms with van der Waals surface area (Å²) in [7, 11) is 3.32. The quantitative estimate of drug-likeness (QED) is 0.586. The maximum absolute atomic E-state index is 4.92. The van der Waals surface area contributed by atoms with Gasteiger partial charge in [0.15, 0.2) is 0 Å². The van der Waals surface area contributed by atoms with Crippen LogP contribution in [0.2, 0.25) is 0 Å². The van der Waals surface area contributed by atoms with E-state index in [1.165, 1.54) is 0 Å². The molecule has 0 spiro atoms. The third-order valence-corrected chi connectivity index (χ3v) is 1.09. The van der Waals surface area contributed by atoms with Gasteiger partial charge in [0.25, 0.3) is 0 Å². The topological polar surface area (TPSA) is 30.5 Å². The smallest absolute Gasteiger partial charge is 0.0722 e. The van der Waals surface area contributed by atoms with Crippen LogP contribution in [0.5, 0.6) is 0 Å². The highest BCUT2D eigenvalue weighted by Gasteiger charge is 2.02. The van der Waals surface area contributed by atoms with Gasteiger partial charge in [-0.25, -0.2) is 0 Å². The van der Waals surface area contributed by atoms with Gasteiger partial charge >= 0.3 is 0 Å². The van der Waals surface area contributed by atoms with E-state index in [1.54, 1.807) is 20.4 Å². The summed E-state index contributed by atoms with van der Waals surface area (Å²) in [5, 5.41) is 3.00. The molecule has 0 aliphatic carbocycles. The SMILES string of the molecule is C=CNC(COC)COC. The highest BCUT2D eigenvalue weighted by Crippen LogP contribution is 1.84. The van der Waals surface area contributed by atoms with Crippen molar-refractivity contribution in [3.63, 3.8) is 0 Å². The first-order valence-electron chi connectivity index (χ1n) is 3.20. The third kappa shape index (κ3) is 4.35. The predicted octanol–water partition coefficient (Wildman–Crippen LogP) is 0.381. The lowest BCUT2D eigenvalue weighted by atomic mass is 10.3. The van der Waals surface area contributed by atoms with Crippen LogP contribution in [0.1, 0.15) is 0 Å². The fraction of sp³-hybridized carbons (Fsp3) is 0.714. The van der Waals surface area contributed by atoms with Gasteiger partial charge in [-0.1, -0.05) is 6.58 Å². The van der Waals surface area contributed by atoms with Gasteiger partial charge < -0.3 is 14.8 Å². The van der Waals surface area contributed by atoms with Crippen LogP contribution < -0.4 is 5.32 Å². The molecule has 0 atom stereocenters. The van der Waals surface area contributed by atoms with Crippen LogP contribution in [-0.4, -0.2) is 33.5 Å². The van der Waals surface area contributed by atoms with Crippen LogP contribution in [0.3, 0.4) is 0 Å². The Bertz CT molecular complexity index is 79.7. The van der Waals surface area contributed by atoms with Crippen LogP contribution in [-0.2, 0) is 9.47 Å². The first-order valence-corrected chi connectivity index (χ1v) is 3.20. The number of methoxy groups -OCH3 is 2. The van der Waals surface area contributed by atoms with Gasteiger partial charge in [-0.2, -0.15) is 0 Å². The molecule has 60 valence electrons. The molecule has 0 bridgehead atoms. The summed E-state index contributed by atoms with van der Waals surface area (Å²) in [4.78, 5) is 0. The fourth-order valence-electron chi connectivity index (χ4n) is 0.713. The molecule has 0 saturated carbocycles. The molecule has 0 saturated heterocycles. The molecular formula is C7H15NO2. The molecule has 0 aliphatic heterocycles. The van der Waals surface area contributed by atoms with Crippen molar-refractivity contribution >= 4 is 0 Å². The van der Waals surface area contributed by atoms with Gasteiger partial charge in [0.2, 0.25) is 0 Å². The lowest BCUT2D eigenvalue weighted by molar-refractivity contribution is 0.109. The molecule has 3 heteroatoms. The Kier molecular flexibility index (Phi) is 6.22. The first kappa shape index (κ1) is 9.46. The maximum Gasteiger partial charge on any atom is 0.0722 e. The Morgan fingerprint density at radius 3 is 2.20 bits per heavy atom. The van der Waals surface area contributed by atoms with Crippen molar-refractivity contribution in [2.45, 2.75) is 6.04 Å². The van der Waals surface area contributed by atoms with Gasteiger partial charge in [0.05, 0.1) is 19.3 Å². The second-order valence-electron chi connectivity index (χ2n) is 1.98. The molecule has 0 aromatic carbocycles. The molecule has 0 rings (SSSR count). The summed E-state index contributed by atoms with van der Waals surface area (Å²) >= 11 is 0. The summed E-state index contributed by atoms with van der Waals surface area (Å²) in [5.74, 6) is 0.